The van der Waals surface area contributed by atoms with E-state index in [1.54, 1.807) is 18.2 Å². The van der Waals surface area contributed by atoms with Gasteiger partial charge in [-0.15, -0.1) is 0 Å². The smallest absolute Gasteiger partial charge is 0.287 e. The van der Waals surface area contributed by atoms with Gasteiger partial charge in [0.2, 0.25) is 5.88 Å². The molecule has 1 amide bonds. The van der Waals surface area contributed by atoms with Gasteiger partial charge in [0.15, 0.2) is 11.5 Å². The highest BCUT2D eigenvalue weighted by Crippen LogP contribution is 2.32. The number of nitriles is 1. The number of H-pyrrole nitrogens is 1. The van der Waals surface area contributed by atoms with Crippen LogP contribution in [0.2, 0.25) is 0 Å². The zero-order valence-electron chi connectivity index (χ0n) is 19.2. The second-order valence-electron chi connectivity index (χ2n) is 7.66. The Hall–Kier alpha value is -5.17. The Morgan fingerprint density at radius 1 is 1.22 bits per heavy atom. The predicted octanol–water partition coefficient (Wildman–Crippen LogP) is 4.54. The molecule has 4 rings (SSSR count). The van der Waals surface area contributed by atoms with Gasteiger partial charge in [0.05, 0.1) is 12.0 Å². The Bertz CT molecular complexity index is 1480. The molecule has 2 aromatic carbocycles. The number of hydrogen-bond acceptors (Lipinski definition) is 7. The number of fused-ring (bicyclic) bond motifs is 1. The number of carbonyl (C=O) groups excluding carboxylic acids is 1. The summed E-state index contributed by atoms with van der Waals surface area (Å²) in [7, 11) is 1.45. The molecule has 0 aliphatic carbocycles. The molecule has 180 valence electrons. The Morgan fingerprint density at radius 3 is 2.78 bits per heavy atom. The lowest BCUT2D eigenvalue weighted by Crippen LogP contribution is -2.26. The molecule has 0 saturated carbocycles. The van der Waals surface area contributed by atoms with Crippen molar-refractivity contribution in [3.05, 3.63) is 93.8 Å². The van der Waals surface area contributed by atoms with Crippen LogP contribution in [-0.2, 0) is 11.2 Å². The summed E-state index contributed by atoms with van der Waals surface area (Å²) in [4.78, 5) is 29.9. The molecule has 0 aliphatic heterocycles. The third-order valence-electron chi connectivity index (χ3n) is 5.36. The van der Waals surface area contributed by atoms with E-state index in [-0.39, 0.29) is 17.1 Å². The normalized spacial score (nSPS) is 11.1. The number of nitrogens with zero attached hydrogens (tertiary/aromatic N) is 3. The Balaban J connectivity index is 1.42. The molecule has 10 nitrogen and oxygen atoms in total. The number of nitro groups is 1. The third kappa shape index (κ3) is 5.48. The van der Waals surface area contributed by atoms with Crippen LogP contribution in [0.5, 0.6) is 17.4 Å². The summed E-state index contributed by atoms with van der Waals surface area (Å²) in [6, 6.07) is 17.4. The van der Waals surface area contributed by atoms with Crippen LogP contribution >= 0.6 is 0 Å². The molecular formula is C26H21N5O5. The molecule has 0 bridgehead atoms. The number of ether oxygens (including phenoxy) is 2. The summed E-state index contributed by atoms with van der Waals surface area (Å²) < 4.78 is 11.0. The first kappa shape index (κ1) is 24.0. The summed E-state index contributed by atoms with van der Waals surface area (Å²) in [6.07, 6.45) is 5.08. The van der Waals surface area contributed by atoms with Gasteiger partial charge in [0.1, 0.15) is 17.8 Å². The van der Waals surface area contributed by atoms with Crippen LogP contribution < -0.4 is 14.8 Å². The molecule has 0 spiro atoms. The van der Waals surface area contributed by atoms with E-state index in [2.05, 4.69) is 15.3 Å². The fourth-order valence-corrected chi connectivity index (χ4v) is 3.57. The molecule has 0 aliphatic rings. The van der Waals surface area contributed by atoms with Gasteiger partial charge in [0, 0.05) is 35.8 Å². The van der Waals surface area contributed by atoms with Crippen molar-refractivity contribution in [1.82, 2.24) is 15.3 Å². The molecule has 36 heavy (non-hydrogen) atoms. The van der Waals surface area contributed by atoms with Crippen LogP contribution in [0.3, 0.4) is 0 Å². The molecule has 0 radical (unpaired) electrons. The predicted molar refractivity (Wildman–Crippen MR) is 133 cm³/mol. The first-order valence-corrected chi connectivity index (χ1v) is 10.9. The minimum Gasteiger partial charge on any atom is -0.493 e. The number of amides is 1. The monoisotopic (exact) mass is 483 g/mol. The largest absolute Gasteiger partial charge is 0.493 e. The fourth-order valence-electron chi connectivity index (χ4n) is 3.57. The molecule has 0 saturated heterocycles. The van der Waals surface area contributed by atoms with Crippen LogP contribution in [0, 0.1) is 21.4 Å². The molecule has 10 heteroatoms. The first-order valence-electron chi connectivity index (χ1n) is 10.9. The summed E-state index contributed by atoms with van der Waals surface area (Å²) in [5.41, 5.74) is 2.46. The number of aromatic amines is 1. The molecule has 4 aromatic rings. The molecule has 2 heterocycles. The van der Waals surface area contributed by atoms with Crippen LogP contribution in [-0.4, -0.2) is 34.5 Å². The van der Waals surface area contributed by atoms with Gasteiger partial charge in [-0.25, -0.2) is 4.98 Å². The number of methoxy groups -OCH3 is 1. The van der Waals surface area contributed by atoms with Crippen molar-refractivity contribution in [1.29, 1.82) is 5.26 Å². The standard InChI is InChI=1S/C26H21N5O5/c1-35-24-13-17(6-8-23(24)36-25-9-7-20(16-30-25)31(33)34)12-19(14-27)26(32)28-11-10-18-15-29-22-5-3-2-4-21(18)22/h2-9,12-13,15-16,29H,10-11H2,1H3,(H,28,32)/b19-12-. The van der Waals surface area contributed by atoms with Crippen LogP contribution in [0.1, 0.15) is 11.1 Å². The van der Waals surface area contributed by atoms with Crippen LogP contribution in [0.25, 0.3) is 17.0 Å². The van der Waals surface area contributed by atoms with E-state index in [9.17, 15) is 20.2 Å². The number of carbonyl (C=O) groups is 1. The number of nitrogens with one attached hydrogen (secondary N) is 2. The maximum absolute atomic E-state index is 12.6. The van der Waals surface area contributed by atoms with E-state index in [1.165, 1.54) is 25.3 Å². The molecule has 2 aromatic heterocycles. The van der Waals surface area contributed by atoms with Crippen molar-refractivity contribution < 1.29 is 19.2 Å². The lowest BCUT2D eigenvalue weighted by molar-refractivity contribution is -0.385. The number of hydrogen-bond donors (Lipinski definition) is 2. The van der Waals surface area contributed by atoms with Crippen molar-refractivity contribution in [2.24, 2.45) is 0 Å². The number of rotatable bonds is 9. The van der Waals surface area contributed by atoms with Gasteiger partial charge >= 0.3 is 0 Å². The van der Waals surface area contributed by atoms with Gasteiger partial charge in [0.25, 0.3) is 11.6 Å². The van der Waals surface area contributed by atoms with Crippen molar-refractivity contribution >= 4 is 28.6 Å². The van der Waals surface area contributed by atoms with E-state index >= 15 is 0 Å². The molecule has 0 atom stereocenters. The van der Waals surface area contributed by atoms with E-state index in [0.29, 0.717) is 30.0 Å². The summed E-state index contributed by atoms with van der Waals surface area (Å²) in [5, 5.41) is 24.2. The van der Waals surface area contributed by atoms with Gasteiger partial charge < -0.3 is 19.8 Å². The lowest BCUT2D eigenvalue weighted by Gasteiger charge is -2.10. The average Bonchev–Trinajstić information content (AvgIpc) is 3.31. The quantitative estimate of drug-likeness (QED) is 0.154. The van der Waals surface area contributed by atoms with Crippen LogP contribution in [0.15, 0.2) is 72.6 Å². The highest BCUT2D eigenvalue weighted by Gasteiger charge is 2.13. The minimum absolute atomic E-state index is 0.0540. The van der Waals surface area contributed by atoms with E-state index in [4.69, 9.17) is 9.47 Å². The highest BCUT2D eigenvalue weighted by atomic mass is 16.6. The third-order valence-corrected chi connectivity index (χ3v) is 5.36. The van der Waals surface area contributed by atoms with Crippen molar-refractivity contribution in [3.8, 4) is 23.4 Å². The highest BCUT2D eigenvalue weighted by molar-refractivity contribution is 6.01. The fraction of sp³-hybridized carbons (Fsp3) is 0.115. The lowest BCUT2D eigenvalue weighted by atomic mass is 10.1. The van der Waals surface area contributed by atoms with Crippen molar-refractivity contribution in [3.63, 3.8) is 0 Å². The maximum atomic E-state index is 12.6. The molecule has 0 fully saturated rings. The van der Waals surface area contributed by atoms with E-state index in [1.807, 2.05) is 36.5 Å². The summed E-state index contributed by atoms with van der Waals surface area (Å²) in [6.45, 7) is 0.373. The first-order chi connectivity index (χ1) is 17.5. The number of pyridine rings is 1. The molecular weight excluding hydrogens is 462 g/mol. The average molecular weight is 483 g/mol. The number of para-hydroxylation sites is 1. The Kier molecular flexibility index (Phi) is 7.22. The second-order valence-corrected chi connectivity index (χ2v) is 7.66. The van der Waals surface area contributed by atoms with Gasteiger partial charge in [-0.05, 0) is 41.8 Å². The SMILES string of the molecule is COc1cc(/C=C(/C#N)C(=O)NCCc2c[nH]c3ccccc23)ccc1Oc1ccc([N+](=O)[O-])cn1. The van der Waals surface area contributed by atoms with Crippen LogP contribution in [0.4, 0.5) is 5.69 Å². The summed E-state index contributed by atoms with van der Waals surface area (Å²) >= 11 is 0. The zero-order valence-corrected chi connectivity index (χ0v) is 19.2. The minimum atomic E-state index is -0.552. The number of benzene rings is 2. The van der Waals surface area contributed by atoms with Gasteiger partial charge in [-0.3, -0.25) is 14.9 Å². The number of aromatic nitrogens is 2. The van der Waals surface area contributed by atoms with E-state index < -0.39 is 10.8 Å². The summed E-state index contributed by atoms with van der Waals surface area (Å²) in [5.74, 6) is 0.319. The second kappa shape index (κ2) is 10.8. The maximum Gasteiger partial charge on any atom is 0.287 e. The molecule has 0 unspecified atom stereocenters. The Labute approximate surface area is 206 Å². The van der Waals surface area contributed by atoms with Crippen molar-refractivity contribution in [2.75, 3.05) is 13.7 Å². The van der Waals surface area contributed by atoms with E-state index in [0.717, 1.165) is 22.7 Å². The Morgan fingerprint density at radius 2 is 2.06 bits per heavy atom. The van der Waals surface area contributed by atoms with Gasteiger partial charge in [-0.2, -0.15) is 5.26 Å². The molecule has 2 N–H and O–H groups in total. The zero-order chi connectivity index (χ0) is 25.5. The topological polar surface area (TPSA) is 143 Å². The van der Waals surface area contributed by atoms with Crippen molar-refractivity contribution in [2.45, 2.75) is 6.42 Å². The van der Waals surface area contributed by atoms with Gasteiger partial charge in [-0.1, -0.05) is 24.3 Å².